The third-order valence-corrected chi connectivity index (χ3v) is 4.26. The molecule has 5 heteroatoms. The Morgan fingerprint density at radius 1 is 0.880 bits per heavy atom. The standard InChI is InChI=1S/C20H21NO4/c1-4-24-17-11-10-14(12-18(17)25-5-2)13(3)21-19(22)15-8-6-7-9-16(15)20(21)23/h6-13H,4-5H2,1-3H3. The highest BCUT2D eigenvalue weighted by Crippen LogP contribution is 2.35. The van der Waals surface area contributed by atoms with Crippen LogP contribution in [0.1, 0.15) is 53.1 Å². The molecule has 0 radical (unpaired) electrons. The summed E-state index contributed by atoms with van der Waals surface area (Å²) in [4.78, 5) is 26.6. The smallest absolute Gasteiger partial charge is 0.262 e. The molecular weight excluding hydrogens is 318 g/mol. The molecule has 0 bridgehead atoms. The maximum absolute atomic E-state index is 12.7. The Kier molecular flexibility index (Phi) is 4.74. The SMILES string of the molecule is CCOc1ccc(C(C)N2C(=O)c3ccccc3C2=O)cc1OCC. The molecule has 5 nitrogen and oxygen atoms in total. The number of carbonyl (C=O) groups excluding carboxylic acids is 2. The Morgan fingerprint density at radius 2 is 1.44 bits per heavy atom. The van der Waals surface area contributed by atoms with Gasteiger partial charge in [0.05, 0.1) is 30.4 Å². The third-order valence-electron chi connectivity index (χ3n) is 4.26. The Morgan fingerprint density at radius 3 is 2.00 bits per heavy atom. The summed E-state index contributed by atoms with van der Waals surface area (Å²) in [7, 11) is 0. The number of imide groups is 1. The molecule has 0 fully saturated rings. The van der Waals surface area contributed by atoms with E-state index in [9.17, 15) is 9.59 Å². The summed E-state index contributed by atoms with van der Waals surface area (Å²) in [5, 5.41) is 0. The van der Waals surface area contributed by atoms with Crippen molar-refractivity contribution in [1.29, 1.82) is 0 Å². The second kappa shape index (κ2) is 6.97. The average molecular weight is 339 g/mol. The van der Waals surface area contributed by atoms with Crippen LogP contribution < -0.4 is 9.47 Å². The minimum absolute atomic E-state index is 0.264. The van der Waals surface area contributed by atoms with Crippen molar-refractivity contribution < 1.29 is 19.1 Å². The van der Waals surface area contributed by atoms with Crippen molar-refractivity contribution in [3.8, 4) is 11.5 Å². The minimum Gasteiger partial charge on any atom is -0.490 e. The third kappa shape index (κ3) is 2.97. The molecule has 2 amide bonds. The topological polar surface area (TPSA) is 55.8 Å². The number of carbonyl (C=O) groups is 2. The van der Waals surface area contributed by atoms with Crippen molar-refractivity contribution in [1.82, 2.24) is 4.90 Å². The second-order valence-corrected chi connectivity index (χ2v) is 5.77. The summed E-state index contributed by atoms with van der Waals surface area (Å²) in [6, 6.07) is 12.0. The van der Waals surface area contributed by atoms with E-state index < -0.39 is 6.04 Å². The van der Waals surface area contributed by atoms with Gasteiger partial charge < -0.3 is 9.47 Å². The van der Waals surface area contributed by atoms with Crippen LogP contribution >= 0.6 is 0 Å². The second-order valence-electron chi connectivity index (χ2n) is 5.77. The molecule has 1 atom stereocenters. The number of ether oxygens (including phenoxy) is 2. The van der Waals surface area contributed by atoms with Crippen molar-refractivity contribution in [3.63, 3.8) is 0 Å². The number of amides is 2. The average Bonchev–Trinajstić information content (AvgIpc) is 2.88. The van der Waals surface area contributed by atoms with Gasteiger partial charge in [-0.25, -0.2) is 0 Å². The van der Waals surface area contributed by atoms with E-state index in [1.165, 1.54) is 4.90 Å². The molecule has 0 N–H and O–H groups in total. The van der Waals surface area contributed by atoms with E-state index in [1.807, 2.05) is 39.0 Å². The zero-order valence-electron chi connectivity index (χ0n) is 14.6. The first-order chi connectivity index (χ1) is 12.1. The fourth-order valence-electron chi connectivity index (χ4n) is 3.04. The lowest BCUT2D eigenvalue weighted by Crippen LogP contribution is -2.32. The van der Waals surface area contributed by atoms with Crippen molar-refractivity contribution in [2.75, 3.05) is 13.2 Å². The summed E-state index contributed by atoms with van der Waals surface area (Å²) in [5.41, 5.74) is 1.73. The van der Waals surface area contributed by atoms with Crippen molar-refractivity contribution in [3.05, 3.63) is 59.2 Å². The molecule has 25 heavy (non-hydrogen) atoms. The maximum atomic E-state index is 12.7. The molecule has 1 aliphatic heterocycles. The van der Waals surface area contributed by atoms with Gasteiger partial charge in [-0.2, -0.15) is 0 Å². The molecule has 0 saturated heterocycles. The summed E-state index contributed by atoms with van der Waals surface area (Å²) >= 11 is 0. The molecular formula is C20H21NO4. The zero-order valence-corrected chi connectivity index (χ0v) is 14.6. The zero-order chi connectivity index (χ0) is 18.0. The van der Waals surface area contributed by atoms with Gasteiger partial charge in [-0.3, -0.25) is 14.5 Å². The van der Waals surface area contributed by atoms with Crippen LogP contribution in [-0.2, 0) is 0 Å². The van der Waals surface area contributed by atoms with Crippen LogP contribution in [0, 0.1) is 0 Å². The lowest BCUT2D eigenvalue weighted by atomic mass is 10.1. The minimum atomic E-state index is -0.401. The molecule has 3 rings (SSSR count). The highest BCUT2D eigenvalue weighted by molar-refractivity contribution is 6.21. The molecule has 1 heterocycles. The number of hydrogen-bond acceptors (Lipinski definition) is 4. The van der Waals surface area contributed by atoms with Gasteiger partial charge in [-0.15, -0.1) is 0 Å². The first-order valence-electron chi connectivity index (χ1n) is 8.44. The molecule has 2 aromatic rings. The highest BCUT2D eigenvalue weighted by atomic mass is 16.5. The fraction of sp³-hybridized carbons (Fsp3) is 0.300. The summed E-state index contributed by atoms with van der Waals surface area (Å²) in [6.07, 6.45) is 0. The van der Waals surface area contributed by atoms with Crippen LogP contribution in [0.2, 0.25) is 0 Å². The van der Waals surface area contributed by atoms with Gasteiger partial charge in [0.1, 0.15) is 0 Å². The number of benzene rings is 2. The number of rotatable bonds is 6. The maximum Gasteiger partial charge on any atom is 0.262 e. The van der Waals surface area contributed by atoms with E-state index >= 15 is 0 Å². The molecule has 0 aliphatic carbocycles. The molecule has 0 saturated carbocycles. The highest BCUT2D eigenvalue weighted by Gasteiger charge is 2.38. The first-order valence-corrected chi connectivity index (χ1v) is 8.44. The largest absolute Gasteiger partial charge is 0.490 e. The summed E-state index contributed by atoms with van der Waals surface area (Å²) in [5.74, 6) is 0.743. The Balaban J connectivity index is 1.94. The van der Waals surface area contributed by atoms with E-state index in [0.29, 0.717) is 35.8 Å². The van der Waals surface area contributed by atoms with Gasteiger partial charge in [0.2, 0.25) is 0 Å². The quantitative estimate of drug-likeness (QED) is 0.750. The monoisotopic (exact) mass is 339 g/mol. The number of hydrogen-bond donors (Lipinski definition) is 0. The van der Waals surface area contributed by atoms with E-state index in [1.54, 1.807) is 24.3 Å². The van der Waals surface area contributed by atoms with Gasteiger partial charge in [0.15, 0.2) is 11.5 Å². The predicted molar refractivity (Wildman–Crippen MR) is 94.1 cm³/mol. The first kappa shape index (κ1) is 17.0. The number of nitrogens with zero attached hydrogens (tertiary/aromatic N) is 1. The van der Waals surface area contributed by atoms with Gasteiger partial charge in [-0.1, -0.05) is 18.2 Å². The normalized spacial score (nSPS) is 14.4. The van der Waals surface area contributed by atoms with Crippen LogP contribution in [0.5, 0.6) is 11.5 Å². The van der Waals surface area contributed by atoms with E-state index in [2.05, 4.69) is 0 Å². The molecule has 2 aromatic carbocycles. The Bertz CT molecular complexity index is 780. The van der Waals surface area contributed by atoms with Crippen molar-refractivity contribution >= 4 is 11.8 Å². The molecule has 0 spiro atoms. The summed E-state index contributed by atoms with van der Waals surface area (Å²) in [6.45, 7) is 6.69. The lowest BCUT2D eigenvalue weighted by molar-refractivity contribution is 0.0595. The fourth-order valence-corrected chi connectivity index (χ4v) is 3.04. The van der Waals surface area contributed by atoms with Gasteiger partial charge in [-0.05, 0) is 50.6 Å². The Labute approximate surface area is 147 Å². The van der Waals surface area contributed by atoms with Crippen LogP contribution in [0.15, 0.2) is 42.5 Å². The molecule has 1 unspecified atom stereocenters. The van der Waals surface area contributed by atoms with Gasteiger partial charge in [0.25, 0.3) is 11.8 Å². The van der Waals surface area contributed by atoms with E-state index in [0.717, 1.165) is 5.56 Å². The van der Waals surface area contributed by atoms with Crippen molar-refractivity contribution in [2.24, 2.45) is 0 Å². The van der Waals surface area contributed by atoms with Gasteiger partial charge >= 0.3 is 0 Å². The van der Waals surface area contributed by atoms with Crippen LogP contribution in [0.3, 0.4) is 0 Å². The van der Waals surface area contributed by atoms with Gasteiger partial charge in [0, 0.05) is 0 Å². The predicted octanol–water partition coefficient (Wildman–Crippen LogP) is 3.84. The lowest BCUT2D eigenvalue weighted by Gasteiger charge is -2.24. The summed E-state index contributed by atoms with van der Waals surface area (Å²) < 4.78 is 11.2. The van der Waals surface area contributed by atoms with E-state index in [4.69, 9.17) is 9.47 Å². The van der Waals surface area contributed by atoms with E-state index in [-0.39, 0.29) is 11.8 Å². The molecule has 130 valence electrons. The number of fused-ring (bicyclic) bond motifs is 1. The molecule has 0 aromatic heterocycles. The molecule has 1 aliphatic rings. The van der Waals surface area contributed by atoms with Crippen LogP contribution in [0.4, 0.5) is 0 Å². The van der Waals surface area contributed by atoms with Crippen molar-refractivity contribution in [2.45, 2.75) is 26.8 Å². The van der Waals surface area contributed by atoms with Crippen LogP contribution in [-0.4, -0.2) is 29.9 Å². The van der Waals surface area contributed by atoms with Crippen LogP contribution in [0.25, 0.3) is 0 Å². The Hall–Kier alpha value is -2.82.